The highest BCUT2D eigenvalue weighted by atomic mass is 16.4. The van der Waals surface area contributed by atoms with Gasteiger partial charge in [0.05, 0.1) is 32.8 Å². The molecule has 1 N–H and O–H groups in total. The summed E-state index contributed by atoms with van der Waals surface area (Å²) in [4.78, 5) is 64.6. The summed E-state index contributed by atoms with van der Waals surface area (Å²) in [6.45, 7) is 4.13. The van der Waals surface area contributed by atoms with E-state index in [1.165, 1.54) is 32.0 Å². The molecule has 0 atom stereocenters. The van der Waals surface area contributed by atoms with E-state index in [0.717, 1.165) is 6.26 Å². The van der Waals surface area contributed by atoms with Gasteiger partial charge in [-0.3, -0.25) is 19.2 Å². The number of rotatable bonds is 4. The molecule has 2 heterocycles. The summed E-state index contributed by atoms with van der Waals surface area (Å²) in [5, 5.41) is 9.80. The van der Waals surface area contributed by atoms with Crippen molar-refractivity contribution in [3.05, 3.63) is 91.4 Å². The fraction of sp³-hybridized carbons (Fsp3) is 0.107. The second-order valence-electron chi connectivity index (χ2n) is 8.56. The van der Waals surface area contributed by atoms with Crippen LogP contribution in [0.15, 0.2) is 67.2 Å². The van der Waals surface area contributed by atoms with E-state index in [-0.39, 0.29) is 60.7 Å². The van der Waals surface area contributed by atoms with E-state index in [1.54, 1.807) is 31.2 Å². The molecular weight excluding hydrogens is 464 g/mol. The molecule has 0 spiro atoms. The molecule has 2 aromatic heterocycles. The van der Waals surface area contributed by atoms with Gasteiger partial charge in [-0.15, -0.1) is 0 Å². The molecule has 0 unspecified atom stereocenters. The maximum atomic E-state index is 13.7. The molecule has 0 aliphatic heterocycles. The van der Waals surface area contributed by atoms with E-state index >= 15 is 0 Å². The number of hydrogen-bond acceptors (Lipinski definition) is 7. The van der Waals surface area contributed by atoms with Gasteiger partial charge >= 0.3 is 5.97 Å². The Morgan fingerprint density at radius 3 is 2.22 bits per heavy atom. The van der Waals surface area contributed by atoms with Gasteiger partial charge in [0, 0.05) is 11.1 Å². The monoisotopic (exact) mass is 482 g/mol. The maximum absolute atomic E-state index is 13.7. The molecule has 0 amide bonds. The molecule has 8 heteroatoms. The first kappa shape index (κ1) is 22.9. The second kappa shape index (κ2) is 8.13. The Labute approximate surface area is 202 Å². The van der Waals surface area contributed by atoms with E-state index in [0.29, 0.717) is 5.56 Å². The third-order valence-electron chi connectivity index (χ3n) is 6.12. The molecule has 8 nitrogen and oxygen atoms in total. The highest BCUT2D eigenvalue weighted by Crippen LogP contribution is 2.35. The van der Waals surface area contributed by atoms with Crippen molar-refractivity contribution >= 4 is 50.4 Å². The third-order valence-corrected chi connectivity index (χ3v) is 6.12. The Balaban J connectivity index is 2.03. The number of para-hydroxylation sites is 1. The standard InChI is InChI=1S/C28H18O8/c1-12-8-17(28(33)34)24-21(9-12)35-11-19(26(24)32)23-16(13(2)29)10-18-25(31)15-6-4-5-7-20(15)36-27(18)22(23)14(3)30/h4-11H,1-3H3,(H,33,34). The van der Waals surface area contributed by atoms with Crippen LogP contribution < -0.4 is 10.9 Å². The fourth-order valence-electron chi connectivity index (χ4n) is 4.56. The first-order valence-electron chi connectivity index (χ1n) is 10.9. The van der Waals surface area contributed by atoms with Crippen molar-refractivity contribution in [2.75, 3.05) is 0 Å². The predicted molar refractivity (Wildman–Crippen MR) is 133 cm³/mol. The molecule has 0 radical (unpaired) electrons. The van der Waals surface area contributed by atoms with Crippen LogP contribution in [0.2, 0.25) is 0 Å². The van der Waals surface area contributed by atoms with Crippen molar-refractivity contribution in [1.29, 1.82) is 0 Å². The molecule has 36 heavy (non-hydrogen) atoms. The number of aryl methyl sites for hydroxylation is 1. The first-order chi connectivity index (χ1) is 17.1. The molecule has 5 aromatic rings. The van der Waals surface area contributed by atoms with Crippen LogP contribution in [0.4, 0.5) is 0 Å². The molecule has 0 aliphatic rings. The Bertz CT molecular complexity index is 1920. The molecule has 5 rings (SSSR count). The molecular formula is C28H18O8. The minimum atomic E-state index is -1.33. The third kappa shape index (κ3) is 3.34. The van der Waals surface area contributed by atoms with Crippen molar-refractivity contribution in [2.24, 2.45) is 0 Å². The Hall–Kier alpha value is -4.85. The number of carboxylic acid groups (broad SMARTS) is 1. The molecule has 0 saturated carbocycles. The zero-order valence-corrected chi connectivity index (χ0v) is 19.4. The van der Waals surface area contributed by atoms with Crippen LogP contribution in [0.25, 0.3) is 44.0 Å². The van der Waals surface area contributed by atoms with E-state index < -0.39 is 28.4 Å². The summed E-state index contributed by atoms with van der Waals surface area (Å²) in [7, 11) is 0. The number of carbonyl (C=O) groups excluding carboxylic acids is 2. The highest BCUT2D eigenvalue weighted by molar-refractivity contribution is 6.17. The summed E-state index contributed by atoms with van der Waals surface area (Å²) in [6.07, 6.45) is 1.09. The highest BCUT2D eigenvalue weighted by Gasteiger charge is 2.27. The zero-order valence-electron chi connectivity index (χ0n) is 19.4. The topological polar surface area (TPSA) is 132 Å². The number of hydrogen-bond donors (Lipinski definition) is 1. The minimum absolute atomic E-state index is 0.0138. The number of benzene rings is 3. The average molecular weight is 482 g/mol. The van der Waals surface area contributed by atoms with Gasteiger partial charge < -0.3 is 13.9 Å². The smallest absolute Gasteiger partial charge is 0.336 e. The van der Waals surface area contributed by atoms with Crippen LogP contribution in [0.3, 0.4) is 0 Å². The van der Waals surface area contributed by atoms with E-state index in [1.807, 2.05) is 0 Å². The molecule has 178 valence electrons. The largest absolute Gasteiger partial charge is 0.478 e. The second-order valence-corrected chi connectivity index (χ2v) is 8.56. The van der Waals surface area contributed by atoms with Crippen molar-refractivity contribution in [3.63, 3.8) is 0 Å². The lowest BCUT2D eigenvalue weighted by Crippen LogP contribution is -2.16. The Morgan fingerprint density at radius 1 is 0.833 bits per heavy atom. The number of ketones is 2. The Morgan fingerprint density at radius 2 is 1.56 bits per heavy atom. The van der Waals surface area contributed by atoms with Gasteiger partial charge in [-0.05, 0) is 56.7 Å². The van der Waals surface area contributed by atoms with Crippen molar-refractivity contribution in [2.45, 2.75) is 20.8 Å². The number of aromatic carboxylic acids is 1. The van der Waals surface area contributed by atoms with Crippen LogP contribution >= 0.6 is 0 Å². The summed E-state index contributed by atoms with van der Waals surface area (Å²) >= 11 is 0. The van der Waals surface area contributed by atoms with Crippen molar-refractivity contribution in [1.82, 2.24) is 0 Å². The van der Waals surface area contributed by atoms with Crippen LogP contribution in [-0.2, 0) is 0 Å². The lowest BCUT2D eigenvalue weighted by atomic mass is 9.88. The lowest BCUT2D eigenvalue weighted by molar-refractivity contribution is 0.0698. The number of fused-ring (bicyclic) bond motifs is 3. The SMILES string of the molecule is CC(=O)c1cc2c(=O)c3ccccc3oc2c(C(C)=O)c1-c1coc2cc(C)cc(C(=O)O)c2c1=O. The average Bonchev–Trinajstić information content (AvgIpc) is 2.82. The van der Waals surface area contributed by atoms with Crippen LogP contribution in [0.1, 0.15) is 50.5 Å². The number of carbonyl (C=O) groups is 3. The summed E-state index contributed by atoms with van der Waals surface area (Å²) in [5.74, 6) is -2.40. The Kier molecular flexibility index (Phi) is 5.17. The van der Waals surface area contributed by atoms with Gasteiger partial charge in [0.25, 0.3) is 0 Å². The molecule has 3 aromatic carbocycles. The normalized spacial score (nSPS) is 11.3. The van der Waals surface area contributed by atoms with Crippen LogP contribution in [0, 0.1) is 6.92 Å². The molecule has 0 saturated heterocycles. The van der Waals surface area contributed by atoms with Gasteiger partial charge in [0.2, 0.25) is 10.9 Å². The summed E-state index contributed by atoms with van der Waals surface area (Å²) in [5.41, 5.74) is -1.14. The van der Waals surface area contributed by atoms with E-state index in [2.05, 4.69) is 0 Å². The van der Waals surface area contributed by atoms with Crippen LogP contribution in [-0.4, -0.2) is 22.6 Å². The lowest BCUT2D eigenvalue weighted by Gasteiger charge is -2.15. The number of Topliss-reactive ketones (excluding diaryl/α,β-unsaturated/α-hetero) is 2. The molecule has 0 fully saturated rings. The number of carboxylic acids is 1. The minimum Gasteiger partial charge on any atom is -0.478 e. The van der Waals surface area contributed by atoms with Gasteiger partial charge in [0.15, 0.2) is 11.6 Å². The van der Waals surface area contributed by atoms with E-state index in [4.69, 9.17) is 8.83 Å². The van der Waals surface area contributed by atoms with Crippen molar-refractivity contribution < 1.29 is 28.3 Å². The quantitative estimate of drug-likeness (QED) is 0.275. The maximum Gasteiger partial charge on any atom is 0.336 e. The van der Waals surface area contributed by atoms with Gasteiger partial charge in [-0.25, -0.2) is 4.79 Å². The van der Waals surface area contributed by atoms with Gasteiger partial charge in [0.1, 0.15) is 23.0 Å². The summed E-state index contributed by atoms with van der Waals surface area (Å²) in [6, 6.07) is 10.6. The van der Waals surface area contributed by atoms with Gasteiger partial charge in [-0.2, -0.15) is 0 Å². The van der Waals surface area contributed by atoms with Gasteiger partial charge in [-0.1, -0.05) is 12.1 Å². The van der Waals surface area contributed by atoms with Crippen molar-refractivity contribution in [3.8, 4) is 11.1 Å². The van der Waals surface area contributed by atoms with E-state index in [9.17, 15) is 29.1 Å². The first-order valence-corrected chi connectivity index (χ1v) is 10.9. The zero-order chi connectivity index (χ0) is 25.9. The fourth-order valence-corrected chi connectivity index (χ4v) is 4.56. The molecule has 0 aliphatic carbocycles. The van der Waals surface area contributed by atoms with Crippen LogP contribution in [0.5, 0.6) is 0 Å². The molecule has 0 bridgehead atoms. The summed E-state index contributed by atoms with van der Waals surface area (Å²) < 4.78 is 11.6. The predicted octanol–water partition coefficient (Wildman–Crippen LogP) is 5.13.